The van der Waals surface area contributed by atoms with Crippen LogP contribution in [0.15, 0.2) is 66.7 Å². The molecule has 0 radical (unpaired) electrons. The summed E-state index contributed by atoms with van der Waals surface area (Å²) in [5.74, 6) is -0.0295. The van der Waals surface area contributed by atoms with Crippen molar-refractivity contribution in [3.63, 3.8) is 0 Å². The molecule has 3 aromatic rings. The van der Waals surface area contributed by atoms with Crippen molar-refractivity contribution in [2.24, 2.45) is 0 Å². The van der Waals surface area contributed by atoms with E-state index in [9.17, 15) is 4.79 Å². The van der Waals surface area contributed by atoms with Crippen LogP contribution >= 0.6 is 24.0 Å². The Morgan fingerprint density at radius 1 is 0.933 bits per heavy atom. The van der Waals surface area contributed by atoms with Gasteiger partial charge in [0.1, 0.15) is 0 Å². The lowest BCUT2D eigenvalue weighted by Crippen LogP contribution is -2.52. The van der Waals surface area contributed by atoms with Crippen LogP contribution in [0.2, 0.25) is 5.02 Å². The molecule has 0 aliphatic heterocycles. The van der Waals surface area contributed by atoms with Crippen molar-refractivity contribution in [2.75, 3.05) is 0 Å². The van der Waals surface area contributed by atoms with Crippen molar-refractivity contribution in [3.05, 3.63) is 82.9 Å². The van der Waals surface area contributed by atoms with Gasteiger partial charge in [0.2, 0.25) is 0 Å². The number of benzene rings is 3. The summed E-state index contributed by atoms with van der Waals surface area (Å²) in [6.45, 7) is 2.22. The molecule has 1 fully saturated rings. The van der Waals surface area contributed by atoms with Crippen molar-refractivity contribution in [1.82, 2.24) is 10.6 Å². The van der Waals surface area contributed by atoms with E-state index in [0.717, 1.165) is 19.3 Å². The quantitative estimate of drug-likeness (QED) is 0.486. The molecule has 0 saturated heterocycles. The average molecular weight is 443 g/mol. The molecule has 158 valence electrons. The molecule has 0 aromatic heterocycles. The first-order chi connectivity index (χ1) is 14.1. The molecule has 1 saturated carbocycles. The average Bonchev–Trinajstić information content (AvgIpc) is 2.75. The van der Waals surface area contributed by atoms with Crippen LogP contribution in [0.1, 0.15) is 54.6 Å². The SMILES string of the molecule is C[C@@H](N[C@H]1CCCC[C@@H]1NC(=O)c1ccc(Cl)cc1)c1cccc2ccccc12.Cl. The zero-order valence-corrected chi connectivity index (χ0v) is 18.7. The van der Waals surface area contributed by atoms with E-state index in [1.165, 1.54) is 22.8 Å². The van der Waals surface area contributed by atoms with E-state index in [-0.39, 0.29) is 36.4 Å². The molecule has 3 aromatic carbocycles. The first-order valence-electron chi connectivity index (χ1n) is 10.4. The lowest BCUT2D eigenvalue weighted by molar-refractivity contribution is 0.0913. The van der Waals surface area contributed by atoms with Crippen LogP contribution in [0, 0.1) is 0 Å². The minimum atomic E-state index is -0.0295. The summed E-state index contributed by atoms with van der Waals surface area (Å²) in [4.78, 5) is 12.7. The maximum atomic E-state index is 12.7. The number of fused-ring (bicyclic) bond motifs is 1. The van der Waals surface area contributed by atoms with Crippen molar-refractivity contribution in [3.8, 4) is 0 Å². The fourth-order valence-corrected chi connectivity index (χ4v) is 4.52. The predicted octanol–water partition coefficient (Wildman–Crippen LogP) is 6.31. The molecule has 0 unspecified atom stereocenters. The molecule has 4 rings (SSSR count). The Hall–Kier alpha value is -2.07. The van der Waals surface area contributed by atoms with E-state index in [1.807, 2.05) is 0 Å². The normalized spacial score (nSPS) is 19.7. The third-order valence-electron chi connectivity index (χ3n) is 5.94. The fourth-order valence-electron chi connectivity index (χ4n) is 4.40. The van der Waals surface area contributed by atoms with Crippen LogP contribution in [-0.4, -0.2) is 18.0 Å². The summed E-state index contributed by atoms with van der Waals surface area (Å²) in [5.41, 5.74) is 1.96. The number of carbonyl (C=O) groups is 1. The molecule has 1 aliphatic carbocycles. The molecule has 2 N–H and O–H groups in total. The molecule has 3 atom stereocenters. The van der Waals surface area contributed by atoms with Gasteiger partial charge in [0.25, 0.3) is 5.91 Å². The monoisotopic (exact) mass is 442 g/mol. The van der Waals surface area contributed by atoms with Gasteiger partial charge in [-0.2, -0.15) is 0 Å². The third kappa shape index (κ3) is 5.15. The van der Waals surface area contributed by atoms with E-state index in [4.69, 9.17) is 11.6 Å². The standard InChI is InChI=1S/C25H27ClN2O.ClH/c1-17(21-10-6-8-18-7-2-3-9-22(18)21)27-23-11-4-5-12-24(23)28-25(29)19-13-15-20(26)16-14-19;/h2-3,6-10,13-17,23-24,27H,4-5,11-12H2,1H3,(H,28,29);1H/t17-,23+,24+;/m1./s1. The number of hydrogen-bond acceptors (Lipinski definition) is 2. The number of hydrogen-bond donors (Lipinski definition) is 2. The van der Waals surface area contributed by atoms with Crippen molar-refractivity contribution < 1.29 is 4.79 Å². The summed E-state index contributed by atoms with van der Waals surface area (Å²) >= 11 is 5.95. The largest absolute Gasteiger partial charge is 0.348 e. The molecule has 3 nitrogen and oxygen atoms in total. The first kappa shape index (κ1) is 22.6. The van der Waals surface area contributed by atoms with Crippen LogP contribution in [0.3, 0.4) is 0 Å². The maximum absolute atomic E-state index is 12.7. The van der Waals surface area contributed by atoms with Crippen LogP contribution in [0.25, 0.3) is 10.8 Å². The van der Waals surface area contributed by atoms with Gasteiger partial charge in [-0.3, -0.25) is 4.79 Å². The minimum absolute atomic E-state index is 0. The highest BCUT2D eigenvalue weighted by atomic mass is 35.5. The molecule has 30 heavy (non-hydrogen) atoms. The first-order valence-corrected chi connectivity index (χ1v) is 10.8. The lowest BCUT2D eigenvalue weighted by atomic mass is 9.88. The van der Waals surface area contributed by atoms with Crippen LogP contribution in [-0.2, 0) is 0 Å². The molecule has 1 aliphatic rings. The molecular weight excluding hydrogens is 415 g/mol. The number of rotatable bonds is 5. The smallest absolute Gasteiger partial charge is 0.251 e. The summed E-state index contributed by atoms with van der Waals surface area (Å²) in [5, 5.41) is 10.2. The Kier molecular flexibility index (Phi) is 7.76. The Bertz CT molecular complexity index is 985. The second-order valence-corrected chi connectivity index (χ2v) is 8.37. The topological polar surface area (TPSA) is 41.1 Å². The van der Waals surface area contributed by atoms with Gasteiger partial charge >= 0.3 is 0 Å². The fraction of sp³-hybridized carbons (Fsp3) is 0.320. The van der Waals surface area contributed by atoms with Gasteiger partial charge in [0, 0.05) is 28.7 Å². The summed E-state index contributed by atoms with van der Waals surface area (Å²) in [7, 11) is 0. The minimum Gasteiger partial charge on any atom is -0.348 e. The maximum Gasteiger partial charge on any atom is 0.251 e. The summed E-state index contributed by atoms with van der Waals surface area (Å²) < 4.78 is 0. The molecule has 0 heterocycles. The van der Waals surface area contributed by atoms with Gasteiger partial charge in [0.05, 0.1) is 0 Å². The molecule has 1 amide bonds. The van der Waals surface area contributed by atoms with E-state index < -0.39 is 0 Å². The Morgan fingerprint density at radius 3 is 2.37 bits per heavy atom. The van der Waals surface area contributed by atoms with E-state index >= 15 is 0 Å². The summed E-state index contributed by atoms with van der Waals surface area (Å²) in [6.07, 6.45) is 4.40. The van der Waals surface area contributed by atoms with E-state index in [1.54, 1.807) is 24.3 Å². The van der Waals surface area contributed by atoms with Crippen molar-refractivity contribution in [1.29, 1.82) is 0 Å². The zero-order chi connectivity index (χ0) is 20.2. The van der Waals surface area contributed by atoms with Gasteiger partial charge in [-0.05, 0) is 60.4 Å². The van der Waals surface area contributed by atoms with Gasteiger partial charge < -0.3 is 10.6 Å². The van der Waals surface area contributed by atoms with E-state index in [2.05, 4.69) is 60.0 Å². The van der Waals surface area contributed by atoms with Gasteiger partial charge in [-0.15, -0.1) is 12.4 Å². The summed E-state index contributed by atoms with van der Waals surface area (Å²) in [6, 6.07) is 22.7. The molecule has 5 heteroatoms. The highest BCUT2D eigenvalue weighted by Gasteiger charge is 2.28. The molecular formula is C25H28Cl2N2O. The lowest BCUT2D eigenvalue weighted by Gasteiger charge is -2.35. The van der Waals surface area contributed by atoms with Gasteiger partial charge in [0.15, 0.2) is 0 Å². The Labute approximate surface area is 189 Å². The van der Waals surface area contributed by atoms with Crippen LogP contribution in [0.4, 0.5) is 0 Å². The van der Waals surface area contributed by atoms with Gasteiger partial charge in [-0.1, -0.05) is 66.9 Å². The zero-order valence-electron chi connectivity index (χ0n) is 17.1. The highest BCUT2D eigenvalue weighted by molar-refractivity contribution is 6.30. The van der Waals surface area contributed by atoms with Crippen molar-refractivity contribution >= 4 is 40.7 Å². The Balaban J connectivity index is 0.00000256. The van der Waals surface area contributed by atoms with Gasteiger partial charge in [-0.25, -0.2) is 0 Å². The van der Waals surface area contributed by atoms with Crippen LogP contribution in [0.5, 0.6) is 0 Å². The predicted molar refractivity (Wildman–Crippen MR) is 128 cm³/mol. The number of amides is 1. The number of carbonyl (C=O) groups excluding carboxylic acids is 1. The number of halogens is 2. The second kappa shape index (κ2) is 10.3. The van der Waals surface area contributed by atoms with Crippen molar-refractivity contribution in [2.45, 2.75) is 50.7 Å². The van der Waals surface area contributed by atoms with Crippen LogP contribution < -0.4 is 10.6 Å². The molecule has 0 bridgehead atoms. The Morgan fingerprint density at radius 2 is 1.60 bits per heavy atom. The third-order valence-corrected chi connectivity index (χ3v) is 6.19. The molecule has 0 spiro atoms. The number of nitrogens with one attached hydrogen (secondary N) is 2. The second-order valence-electron chi connectivity index (χ2n) is 7.93. The van der Waals surface area contributed by atoms with E-state index in [0.29, 0.717) is 10.6 Å². The highest BCUT2D eigenvalue weighted by Crippen LogP contribution is 2.27.